The van der Waals surface area contributed by atoms with Gasteiger partial charge in [-0.15, -0.1) is 11.3 Å². The third-order valence-electron chi connectivity index (χ3n) is 3.71. The Bertz CT molecular complexity index is 1240. The first-order valence-electron chi connectivity index (χ1n) is 11.8. The summed E-state index contributed by atoms with van der Waals surface area (Å²) in [4.78, 5) is 26.8. The summed E-state index contributed by atoms with van der Waals surface area (Å²) >= 11 is 1.49. The number of nitrogens with zero attached hydrogens (tertiary/aromatic N) is 4. The number of carbonyl (C=O) groups excluding carboxylic acids is 1. The van der Waals surface area contributed by atoms with Gasteiger partial charge in [-0.3, -0.25) is 19.7 Å². The van der Waals surface area contributed by atoms with Crippen LogP contribution >= 0.6 is 11.3 Å². The summed E-state index contributed by atoms with van der Waals surface area (Å²) in [5.41, 5.74) is 1.05. The Morgan fingerprint density at radius 1 is 1.19 bits per heavy atom. The van der Waals surface area contributed by atoms with Crippen molar-refractivity contribution in [3.8, 4) is 10.6 Å². The maximum Gasteiger partial charge on any atom is 0.152 e. The van der Waals surface area contributed by atoms with Gasteiger partial charge < -0.3 is 4.74 Å². The van der Waals surface area contributed by atoms with Crippen LogP contribution in [0.15, 0.2) is 30.7 Å². The fourth-order valence-electron chi connectivity index (χ4n) is 2.52. The predicted molar refractivity (Wildman–Crippen MR) is 101 cm³/mol. The molecule has 26 heavy (non-hydrogen) atoms. The molecule has 1 aliphatic heterocycles. The second kappa shape index (κ2) is 7.57. The average Bonchev–Trinajstić information content (AvgIpc) is 3.16. The van der Waals surface area contributed by atoms with E-state index in [-0.39, 0.29) is 11.3 Å². The summed E-state index contributed by atoms with van der Waals surface area (Å²) in [6, 6.07) is 3.51. The highest BCUT2D eigenvalue weighted by atomic mass is 32.1. The molecule has 0 saturated carbocycles. The van der Waals surface area contributed by atoms with Gasteiger partial charge in [0, 0.05) is 48.1 Å². The van der Waals surface area contributed by atoms with E-state index in [1.807, 2.05) is 13.0 Å². The molecule has 1 saturated heterocycles. The molecule has 0 radical (unpaired) electrons. The van der Waals surface area contributed by atoms with Crippen LogP contribution in [0.1, 0.15) is 21.7 Å². The zero-order valence-corrected chi connectivity index (χ0v) is 14.6. The monoisotopic (exact) mass is 376 g/mol. The molecule has 134 valence electrons. The summed E-state index contributed by atoms with van der Waals surface area (Å²) in [5, 5.41) is 2.40. The molecule has 0 aliphatic carbocycles. The molecule has 0 atom stereocenters. The second-order valence-electron chi connectivity index (χ2n) is 5.67. The number of aryl methyl sites for hydroxylation is 1. The number of ketones is 1. The molecule has 3 aromatic rings. The van der Waals surface area contributed by atoms with Crippen molar-refractivity contribution in [2.45, 2.75) is 13.3 Å². The lowest BCUT2D eigenvalue weighted by molar-refractivity contribution is -0.120. The third kappa shape index (κ3) is 3.95. The number of rotatable bonds is 5. The quantitative estimate of drug-likeness (QED) is 0.682. The van der Waals surface area contributed by atoms with Crippen LogP contribution in [0.4, 0.5) is 0 Å². The standard InChI is InChI=1S/C19H20N4O2S/c1-13-20-11-19(26-13)18-7-14-6-16(21-9-15(14)10-22-18)8-17(24)12-23-2-4-25-5-3-23/h6-7,9-11H,2-5,8,12H2,1H3/i2D2,3D2,4D2,5D2. The van der Waals surface area contributed by atoms with Gasteiger partial charge in [0.2, 0.25) is 0 Å². The van der Waals surface area contributed by atoms with Crippen LogP contribution in [0.2, 0.25) is 0 Å². The van der Waals surface area contributed by atoms with Crippen molar-refractivity contribution in [1.82, 2.24) is 19.9 Å². The van der Waals surface area contributed by atoms with Crippen molar-refractivity contribution in [3.63, 3.8) is 0 Å². The summed E-state index contributed by atoms with van der Waals surface area (Å²) < 4.78 is 67.4. The van der Waals surface area contributed by atoms with Crippen LogP contribution < -0.4 is 0 Å². The van der Waals surface area contributed by atoms with Crippen molar-refractivity contribution in [3.05, 3.63) is 41.4 Å². The van der Waals surface area contributed by atoms with E-state index in [4.69, 9.17) is 11.0 Å². The fourth-order valence-corrected chi connectivity index (χ4v) is 3.26. The Kier molecular flexibility index (Phi) is 2.97. The first-order valence-corrected chi connectivity index (χ1v) is 8.63. The number of pyridine rings is 2. The molecule has 1 aliphatic rings. The Hall–Kier alpha value is -2.22. The van der Waals surface area contributed by atoms with Crippen LogP contribution in [-0.4, -0.2) is 58.3 Å². The van der Waals surface area contributed by atoms with E-state index in [1.54, 1.807) is 18.5 Å². The van der Waals surface area contributed by atoms with Crippen molar-refractivity contribution in [2.24, 2.45) is 0 Å². The highest BCUT2D eigenvalue weighted by Crippen LogP contribution is 2.26. The Balaban J connectivity index is 1.58. The number of hydrogen-bond donors (Lipinski definition) is 0. The molecule has 1 fully saturated rings. The molecule has 4 rings (SSSR count). The number of morpholine rings is 1. The molecule has 0 spiro atoms. The molecular weight excluding hydrogens is 348 g/mol. The zero-order valence-electron chi connectivity index (χ0n) is 21.8. The van der Waals surface area contributed by atoms with E-state index in [2.05, 4.69) is 19.7 Å². The van der Waals surface area contributed by atoms with Crippen LogP contribution in [0.5, 0.6) is 0 Å². The van der Waals surface area contributed by atoms with Gasteiger partial charge in [-0.2, -0.15) is 0 Å². The SMILES string of the molecule is [2H]C1([2H])OC([2H])([2H])C([2H])([2H])N(CC(=O)Cc2cc3cc(-c4cnc(C)s4)ncc3cn2)C1([2H])[2H]. The van der Waals surface area contributed by atoms with E-state index in [9.17, 15) is 4.79 Å². The largest absolute Gasteiger partial charge is 0.379 e. The maximum atomic E-state index is 12.8. The molecule has 0 bridgehead atoms. The summed E-state index contributed by atoms with van der Waals surface area (Å²) in [6.07, 6.45) is 4.63. The van der Waals surface area contributed by atoms with Crippen LogP contribution in [0.3, 0.4) is 0 Å². The van der Waals surface area contributed by atoms with Crippen molar-refractivity contribution in [2.75, 3.05) is 32.7 Å². The summed E-state index contributed by atoms with van der Waals surface area (Å²) in [6.45, 7) is -11.6. The Morgan fingerprint density at radius 3 is 2.77 bits per heavy atom. The third-order valence-corrected chi connectivity index (χ3v) is 4.64. The Labute approximate surface area is 167 Å². The van der Waals surface area contributed by atoms with Crippen LogP contribution in [0.25, 0.3) is 21.3 Å². The van der Waals surface area contributed by atoms with Crippen molar-refractivity contribution >= 4 is 27.9 Å². The van der Waals surface area contributed by atoms with Crippen LogP contribution in [0, 0.1) is 6.92 Å². The number of hydrogen-bond acceptors (Lipinski definition) is 7. The van der Waals surface area contributed by atoms with Gasteiger partial charge in [-0.05, 0) is 24.4 Å². The van der Waals surface area contributed by atoms with Gasteiger partial charge in [-0.25, -0.2) is 4.98 Å². The topological polar surface area (TPSA) is 68.2 Å². The first kappa shape index (κ1) is 10.2. The second-order valence-corrected chi connectivity index (χ2v) is 6.90. The molecule has 0 N–H and O–H groups in total. The fraction of sp³-hybridized carbons (Fsp3) is 0.368. The normalized spacial score (nSPS) is 27.7. The zero-order chi connectivity index (χ0) is 25.1. The molecule has 0 aromatic carbocycles. The number of ether oxygens (including phenoxy) is 1. The minimum absolute atomic E-state index is 0.237. The van der Waals surface area contributed by atoms with Gasteiger partial charge in [0.05, 0.1) is 47.1 Å². The molecular formula is C19H20N4O2S. The van der Waals surface area contributed by atoms with E-state index in [0.717, 1.165) is 20.7 Å². The smallest absolute Gasteiger partial charge is 0.152 e. The lowest BCUT2D eigenvalue weighted by Crippen LogP contribution is -2.39. The van der Waals surface area contributed by atoms with Gasteiger partial charge >= 0.3 is 0 Å². The van der Waals surface area contributed by atoms with Gasteiger partial charge in [0.1, 0.15) is 0 Å². The molecule has 6 nitrogen and oxygen atoms in total. The first-order chi connectivity index (χ1) is 15.6. The maximum absolute atomic E-state index is 12.8. The van der Waals surface area contributed by atoms with E-state index in [1.165, 1.54) is 17.5 Å². The lowest BCUT2D eigenvalue weighted by Gasteiger charge is -2.25. The minimum atomic E-state index is -3.19. The highest BCUT2D eigenvalue weighted by Gasteiger charge is 2.15. The molecule has 0 amide bonds. The van der Waals surface area contributed by atoms with Gasteiger partial charge in [0.15, 0.2) is 5.78 Å². The minimum Gasteiger partial charge on any atom is -0.379 e. The van der Waals surface area contributed by atoms with Crippen molar-refractivity contribution in [1.29, 1.82) is 0 Å². The van der Waals surface area contributed by atoms with Crippen molar-refractivity contribution < 1.29 is 20.5 Å². The molecule has 0 unspecified atom stereocenters. The molecule has 3 aromatic heterocycles. The number of Topliss-reactive ketones (excluding diaryl/α,β-unsaturated/α-hetero) is 1. The number of carbonyl (C=O) groups is 1. The van der Waals surface area contributed by atoms with Gasteiger partial charge in [0.25, 0.3) is 0 Å². The van der Waals surface area contributed by atoms with Crippen LogP contribution in [-0.2, 0) is 16.0 Å². The summed E-state index contributed by atoms with van der Waals surface area (Å²) in [5.74, 6) is -0.666. The van der Waals surface area contributed by atoms with Gasteiger partial charge in [-0.1, -0.05) is 0 Å². The van der Waals surface area contributed by atoms with E-state index < -0.39 is 38.4 Å². The Morgan fingerprint density at radius 2 is 2.00 bits per heavy atom. The number of thiazole rings is 1. The lowest BCUT2D eigenvalue weighted by atomic mass is 10.1. The summed E-state index contributed by atoms with van der Waals surface area (Å²) in [7, 11) is 0. The molecule has 4 heterocycles. The predicted octanol–water partition coefficient (Wildman–Crippen LogP) is 2.51. The van der Waals surface area contributed by atoms with E-state index in [0.29, 0.717) is 11.4 Å². The number of fused-ring (bicyclic) bond motifs is 1. The highest BCUT2D eigenvalue weighted by molar-refractivity contribution is 7.15. The molecule has 7 heteroatoms. The number of aromatic nitrogens is 3. The average molecular weight is 377 g/mol. The van der Waals surface area contributed by atoms with E-state index >= 15 is 0 Å².